The van der Waals surface area contributed by atoms with Crippen LogP contribution in [0.4, 0.5) is 0 Å². The summed E-state index contributed by atoms with van der Waals surface area (Å²) in [6.45, 7) is 0.197. The zero-order valence-electron chi connectivity index (χ0n) is 13.4. The van der Waals surface area contributed by atoms with Gasteiger partial charge in [-0.05, 0) is 18.2 Å². The SMILES string of the molecule is Cn1nc(C(=O)NCc2nnc3ccccn23)c2ccccc2c1=O. The van der Waals surface area contributed by atoms with E-state index in [1.54, 1.807) is 28.7 Å². The number of carbonyl (C=O) groups is 1. The van der Waals surface area contributed by atoms with Gasteiger partial charge in [0.25, 0.3) is 11.5 Å². The van der Waals surface area contributed by atoms with Gasteiger partial charge >= 0.3 is 0 Å². The molecular formula is C17H14N6O2. The van der Waals surface area contributed by atoms with Crippen molar-refractivity contribution in [2.75, 3.05) is 0 Å². The number of hydrogen-bond donors (Lipinski definition) is 1. The number of benzene rings is 1. The van der Waals surface area contributed by atoms with E-state index in [4.69, 9.17) is 0 Å². The molecule has 0 radical (unpaired) electrons. The Morgan fingerprint density at radius 2 is 1.84 bits per heavy atom. The van der Waals surface area contributed by atoms with Crippen LogP contribution >= 0.6 is 0 Å². The molecule has 0 saturated carbocycles. The first kappa shape index (κ1) is 15.0. The summed E-state index contributed by atoms with van der Waals surface area (Å²) in [6, 6.07) is 12.5. The molecule has 0 saturated heterocycles. The van der Waals surface area contributed by atoms with E-state index in [9.17, 15) is 9.59 Å². The topological polar surface area (TPSA) is 94.2 Å². The zero-order valence-corrected chi connectivity index (χ0v) is 13.4. The highest BCUT2D eigenvalue weighted by atomic mass is 16.2. The van der Waals surface area contributed by atoms with Gasteiger partial charge in [-0.15, -0.1) is 10.2 Å². The summed E-state index contributed by atoms with van der Waals surface area (Å²) in [5.41, 5.74) is 0.666. The van der Waals surface area contributed by atoms with Gasteiger partial charge in [-0.2, -0.15) is 5.10 Å². The molecule has 3 aromatic heterocycles. The molecule has 1 N–H and O–H groups in total. The number of nitrogens with one attached hydrogen (secondary N) is 1. The van der Waals surface area contributed by atoms with Crippen LogP contribution in [0.1, 0.15) is 16.3 Å². The van der Waals surface area contributed by atoms with Crippen molar-refractivity contribution in [3.05, 3.63) is 70.5 Å². The molecule has 0 bridgehead atoms. The Kier molecular flexibility index (Phi) is 3.50. The number of hydrogen-bond acceptors (Lipinski definition) is 5. The van der Waals surface area contributed by atoms with Crippen molar-refractivity contribution in [2.24, 2.45) is 7.05 Å². The van der Waals surface area contributed by atoms with Crippen molar-refractivity contribution in [3.8, 4) is 0 Å². The van der Waals surface area contributed by atoms with E-state index in [2.05, 4.69) is 20.6 Å². The maximum absolute atomic E-state index is 12.6. The van der Waals surface area contributed by atoms with Gasteiger partial charge in [0.1, 0.15) is 0 Å². The number of aromatic nitrogens is 5. The summed E-state index contributed by atoms with van der Waals surface area (Å²) in [7, 11) is 1.53. The van der Waals surface area contributed by atoms with E-state index < -0.39 is 0 Å². The molecule has 0 unspecified atom stereocenters. The third kappa shape index (κ3) is 2.53. The summed E-state index contributed by atoms with van der Waals surface area (Å²) in [5, 5.41) is 16.0. The molecule has 0 atom stereocenters. The predicted molar refractivity (Wildman–Crippen MR) is 91.1 cm³/mol. The third-order valence-electron chi connectivity index (χ3n) is 3.96. The average Bonchev–Trinajstić information content (AvgIpc) is 3.06. The Morgan fingerprint density at radius 1 is 1.08 bits per heavy atom. The molecule has 1 aromatic carbocycles. The minimum atomic E-state index is -0.375. The number of carbonyl (C=O) groups excluding carboxylic acids is 1. The van der Waals surface area contributed by atoms with Crippen molar-refractivity contribution in [3.63, 3.8) is 0 Å². The Morgan fingerprint density at radius 3 is 2.68 bits per heavy atom. The summed E-state index contributed by atoms with van der Waals surface area (Å²) < 4.78 is 2.97. The van der Waals surface area contributed by atoms with Crippen molar-refractivity contribution in [2.45, 2.75) is 6.54 Å². The van der Waals surface area contributed by atoms with Crippen LogP contribution in [0.25, 0.3) is 16.4 Å². The quantitative estimate of drug-likeness (QED) is 0.601. The number of aryl methyl sites for hydroxylation is 1. The average molecular weight is 334 g/mol. The fourth-order valence-corrected chi connectivity index (χ4v) is 2.72. The van der Waals surface area contributed by atoms with E-state index in [1.807, 2.05) is 24.4 Å². The van der Waals surface area contributed by atoms with Crippen LogP contribution in [0.15, 0.2) is 53.5 Å². The molecule has 1 amide bonds. The lowest BCUT2D eigenvalue weighted by molar-refractivity contribution is 0.0944. The maximum atomic E-state index is 12.6. The van der Waals surface area contributed by atoms with Gasteiger partial charge in [0.15, 0.2) is 17.2 Å². The van der Waals surface area contributed by atoms with Crippen molar-refractivity contribution >= 4 is 22.3 Å². The van der Waals surface area contributed by atoms with Crippen LogP contribution in [-0.4, -0.2) is 30.3 Å². The number of fused-ring (bicyclic) bond motifs is 2. The van der Waals surface area contributed by atoms with Crippen LogP contribution < -0.4 is 10.9 Å². The number of nitrogens with zero attached hydrogens (tertiary/aromatic N) is 5. The molecule has 4 rings (SSSR count). The van der Waals surface area contributed by atoms with Crippen LogP contribution in [0.2, 0.25) is 0 Å². The Bertz CT molecular complexity index is 1160. The molecule has 25 heavy (non-hydrogen) atoms. The first-order valence-corrected chi connectivity index (χ1v) is 7.68. The molecule has 0 aliphatic rings. The zero-order chi connectivity index (χ0) is 17.4. The minimum absolute atomic E-state index is 0.197. The molecule has 124 valence electrons. The van der Waals surface area contributed by atoms with E-state index in [0.717, 1.165) is 0 Å². The van der Waals surface area contributed by atoms with Crippen molar-refractivity contribution in [1.82, 2.24) is 29.7 Å². The molecule has 0 spiro atoms. The number of amides is 1. The van der Waals surface area contributed by atoms with Crippen molar-refractivity contribution < 1.29 is 4.79 Å². The van der Waals surface area contributed by atoms with Gasteiger partial charge in [0.2, 0.25) is 0 Å². The summed E-state index contributed by atoms with van der Waals surface area (Å²) >= 11 is 0. The Labute approximate surface area is 141 Å². The number of pyridine rings is 1. The predicted octanol–water partition coefficient (Wildman–Crippen LogP) is 0.906. The lowest BCUT2D eigenvalue weighted by atomic mass is 10.1. The van der Waals surface area contributed by atoms with Crippen LogP contribution in [-0.2, 0) is 13.6 Å². The lowest BCUT2D eigenvalue weighted by Crippen LogP contribution is -2.29. The van der Waals surface area contributed by atoms with Crippen LogP contribution in [0, 0.1) is 0 Å². The molecule has 8 nitrogen and oxygen atoms in total. The van der Waals surface area contributed by atoms with E-state index in [0.29, 0.717) is 22.2 Å². The van der Waals surface area contributed by atoms with Gasteiger partial charge in [-0.25, -0.2) is 4.68 Å². The fourth-order valence-electron chi connectivity index (χ4n) is 2.72. The van der Waals surface area contributed by atoms with Gasteiger partial charge in [0, 0.05) is 18.6 Å². The molecular weight excluding hydrogens is 320 g/mol. The van der Waals surface area contributed by atoms with Gasteiger partial charge in [0.05, 0.1) is 11.9 Å². The second-order valence-corrected chi connectivity index (χ2v) is 5.55. The molecule has 8 heteroatoms. The van der Waals surface area contributed by atoms with Gasteiger partial charge in [-0.1, -0.05) is 24.3 Å². The Hall–Kier alpha value is -3.55. The first-order chi connectivity index (χ1) is 12.1. The minimum Gasteiger partial charge on any atom is -0.343 e. The van der Waals surface area contributed by atoms with Gasteiger partial charge in [-0.3, -0.25) is 14.0 Å². The highest BCUT2D eigenvalue weighted by molar-refractivity contribution is 6.04. The van der Waals surface area contributed by atoms with Crippen LogP contribution in [0.5, 0.6) is 0 Å². The highest BCUT2D eigenvalue weighted by Gasteiger charge is 2.16. The Balaban J connectivity index is 1.67. The summed E-state index contributed by atoms with van der Waals surface area (Å²) in [6.07, 6.45) is 1.83. The molecule has 3 heterocycles. The smallest absolute Gasteiger partial charge is 0.274 e. The largest absolute Gasteiger partial charge is 0.343 e. The van der Waals surface area contributed by atoms with E-state index in [1.165, 1.54) is 11.7 Å². The molecule has 4 aromatic rings. The molecule has 0 fully saturated rings. The van der Waals surface area contributed by atoms with E-state index >= 15 is 0 Å². The second-order valence-electron chi connectivity index (χ2n) is 5.55. The second kappa shape index (κ2) is 5.82. The maximum Gasteiger partial charge on any atom is 0.274 e. The summed E-state index contributed by atoms with van der Waals surface area (Å²) in [4.78, 5) is 24.7. The molecule has 0 aliphatic carbocycles. The highest BCUT2D eigenvalue weighted by Crippen LogP contribution is 2.13. The molecule has 0 aliphatic heterocycles. The monoisotopic (exact) mass is 334 g/mol. The summed E-state index contributed by atoms with van der Waals surface area (Å²) in [5.74, 6) is 0.234. The van der Waals surface area contributed by atoms with Gasteiger partial charge < -0.3 is 5.32 Å². The van der Waals surface area contributed by atoms with Crippen molar-refractivity contribution in [1.29, 1.82) is 0 Å². The fraction of sp³-hybridized carbons (Fsp3) is 0.118. The normalized spacial score (nSPS) is 11.1. The number of rotatable bonds is 3. The first-order valence-electron chi connectivity index (χ1n) is 7.68. The van der Waals surface area contributed by atoms with E-state index in [-0.39, 0.29) is 23.7 Å². The van der Waals surface area contributed by atoms with Crippen LogP contribution in [0.3, 0.4) is 0 Å². The lowest BCUT2D eigenvalue weighted by Gasteiger charge is -2.08. The standard InChI is InChI=1S/C17H14N6O2/c1-22-17(25)12-7-3-2-6-11(12)15(21-22)16(24)18-10-14-20-19-13-8-4-5-9-23(13)14/h2-9H,10H2,1H3,(H,18,24). The third-order valence-corrected chi connectivity index (χ3v) is 3.96.